The predicted molar refractivity (Wildman–Crippen MR) is 109 cm³/mol. The molecule has 1 fully saturated rings. The number of nitrogens with zero attached hydrogens (tertiary/aromatic N) is 3. The molecular formula is C20H26N4O2S. The summed E-state index contributed by atoms with van der Waals surface area (Å²) >= 11 is 1.71. The fourth-order valence-electron chi connectivity index (χ4n) is 3.28. The van der Waals surface area contributed by atoms with Crippen LogP contribution in [0.2, 0.25) is 0 Å². The maximum Gasteiger partial charge on any atom is 0.308 e. The molecule has 7 heteroatoms. The zero-order valence-corrected chi connectivity index (χ0v) is 16.9. The number of nitrogens with one attached hydrogen (secondary N) is 1. The quantitative estimate of drug-likeness (QED) is 0.497. The van der Waals surface area contributed by atoms with Gasteiger partial charge in [-0.25, -0.2) is 4.98 Å². The van der Waals surface area contributed by atoms with Crippen LogP contribution in [0.3, 0.4) is 0 Å². The van der Waals surface area contributed by atoms with Crippen molar-refractivity contribution in [2.24, 2.45) is 10.9 Å². The van der Waals surface area contributed by atoms with E-state index >= 15 is 0 Å². The second-order valence-electron chi connectivity index (χ2n) is 6.58. The molecule has 144 valence electrons. The molecule has 0 amide bonds. The van der Waals surface area contributed by atoms with E-state index < -0.39 is 0 Å². The Balaban J connectivity index is 1.59. The van der Waals surface area contributed by atoms with E-state index in [2.05, 4.69) is 27.3 Å². The number of ether oxygens (including phenoxy) is 1. The van der Waals surface area contributed by atoms with E-state index in [-0.39, 0.29) is 11.9 Å². The first kappa shape index (κ1) is 19.4. The minimum Gasteiger partial charge on any atom is -0.469 e. The first-order valence-electron chi connectivity index (χ1n) is 9.17. The average molecular weight is 387 g/mol. The van der Waals surface area contributed by atoms with Gasteiger partial charge in [-0.15, -0.1) is 11.3 Å². The molecule has 2 aromatic rings. The van der Waals surface area contributed by atoms with Crippen LogP contribution < -0.4 is 5.32 Å². The van der Waals surface area contributed by atoms with Gasteiger partial charge in [0, 0.05) is 30.6 Å². The number of hydrogen-bond acceptors (Lipinski definition) is 5. The first-order chi connectivity index (χ1) is 13.1. The number of aliphatic imine (C=N–C) groups is 1. The molecule has 0 radical (unpaired) electrons. The van der Waals surface area contributed by atoms with Gasteiger partial charge in [-0.2, -0.15) is 0 Å². The van der Waals surface area contributed by atoms with Gasteiger partial charge in [0.2, 0.25) is 0 Å². The third-order valence-electron chi connectivity index (χ3n) is 4.86. The summed E-state index contributed by atoms with van der Waals surface area (Å²) in [5, 5.41) is 4.49. The van der Waals surface area contributed by atoms with Gasteiger partial charge >= 0.3 is 5.97 Å². The molecular weight excluding hydrogens is 360 g/mol. The van der Waals surface area contributed by atoms with Crippen molar-refractivity contribution in [3.8, 4) is 10.6 Å². The minimum atomic E-state index is -0.105. The van der Waals surface area contributed by atoms with E-state index in [9.17, 15) is 4.79 Å². The number of aromatic nitrogens is 1. The van der Waals surface area contributed by atoms with Crippen molar-refractivity contribution in [1.29, 1.82) is 0 Å². The SMILES string of the molecule is CN=C(NCc1sc(-c2ccccc2)nc1C)N1CCC(C(=O)OC)CC1. The van der Waals surface area contributed by atoms with Crippen LogP contribution in [0.15, 0.2) is 35.3 Å². The molecule has 1 aliphatic heterocycles. The van der Waals surface area contributed by atoms with Crippen molar-refractivity contribution in [2.45, 2.75) is 26.3 Å². The summed E-state index contributed by atoms with van der Waals surface area (Å²) in [6, 6.07) is 10.2. The number of aryl methyl sites for hydroxylation is 1. The summed E-state index contributed by atoms with van der Waals surface area (Å²) in [6.07, 6.45) is 1.59. The highest BCUT2D eigenvalue weighted by atomic mass is 32.1. The van der Waals surface area contributed by atoms with Crippen LogP contribution in [0.1, 0.15) is 23.4 Å². The van der Waals surface area contributed by atoms with Crippen molar-refractivity contribution < 1.29 is 9.53 Å². The molecule has 0 unspecified atom stereocenters. The lowest BCUT2D eigenvalue weighted by molar-refractivity contribution is -0.146. The highest BCUT2D eigenvalue weighted by Crippen LogP contribution is 2.27. The number of likely N-dealkylation sites (tertiary alicyclic amines) is 1. The van der Waals surface area contributed by atoms with Crippen LogP contribution >= 0.6 is 11.3 Å². The summed E-state index contributed by atoms with van der Waals surface area (Å²) in [4.78, 5) is 24.2. The molecule has 0 atom stereocenters. The molecule has 0 saturated carbocycles. The highest BCUT2D eigenvalue weighted by Gasteiger charge is 2.27. The van der Waals surface area contributed by atoms with Crippen LogP contribution in [0, 0.1) is 12.8 Å². The molecule has 0 bridgehead atoms. The van der Waals surface area contributed by atoms with Crippen LogP contribution in [-0.2, 0) is 16.1 Å². The molecule has 1 aliphatic rings. The largest absolute Gasteiger partial charge is 0.469 e. The van der Waals surface area contributed by atoms with E-state index in [0.29, 0.717) is 6.54 Å². The lowest BCUT2D eigenvalue weighted by atomic mass is 9.97. The lowest BCUT2D eigenvalue weighted by Crippen LogP contribution is -2.46. The maximum absolute atomic E-state index is 11.7. The number of guanidine groups is 1. The summed E-state index contributed by atoms with van der Waals surface area (Å²) < 4.78 is 4.86. The van der Waals surface area contributed by atoms with Gasteiger partial charge < -0.3 is 15.0 Å². The van der Waals surface area contributed by atoms with Crippen molar-refractivity contribution in [3.63, 3.8) is 0 Å². The van der Waals surface area contributed by atoms with Gasteiger partial charge in [-0.3, -0.25) is 9.79 Å². The van der Waals surface area contributed by atoms with Gasteiger partial charge in [0.05, 0.1) is 25.3 Å². The van der Waals surface area contributed by atoms with E-state index in [1.165, 1.54) is 12.0 Å². The second kappa shape index (κ2) is 8.99. The Morgan fingerprint density at radius 1 is 1.33 bits per heavy atom. The number of rotatable bonds is 4. The van der Waals surface area contributed by atoms with Crippen molar-refractivity contribution in [3.05, 3.63) is 40.9 Å². The van der Waals surface area contributed by atoms with Crippen molar-refractivity contribution in [2.75, 3.05) is 27.2 Å². The van der Waals surface area contributed by atoms with Gasteiger partial charge in [0.25, 0.3) is 0 Å². The van der Waals surface area contributed by atoms with E-state index in [1.54, 1.807) is 18.4 Å². The molecule has 1 aromatic heterocycles. The summed E-state index contributed by atoms with van der Waals surface area (Å²) in [5.74, 6) is 0.764. The predicted octanol–water partition coefficient (Wildman–Crippen LogP) is 3.08. The molecule has 1 N–H and O–H groups in total. The standard InChI is InChI=1S/C20H26N4O2S/c1-14-17(27-18(23-14)15-7-5-4-6-8-15)13-22-20(21-2)24-11-9-16(10-12-24)19(25)26-3/h4-8,16H,9-13H2,1-3H3,(H,21,22). The number of esters is 1. The van der Waals surface area contributed by atoms with E-state index in [0.717, 1.165) is 48.2 Å². The second-order valence-corrected chi connectivity index (χ2v) is 7.66. The number of benzene rings is 1. The Morgan fingerprint density at radius 3 is 2.67 bits per heavy atom. The molecule has 0 aliphatic carbocycles. The van der Waals surface area contributed by atoms with Crippen LogP contribution in [0.25, 0.3) is 10.6 Å². The first-order valence-corrected chi connectivity index (χ1v) is 9.99. The molecule has 6 nitrogen and oxygen atoms in total. The number of methoxy groups -OCH3 is 1. The normalized spacial score (nSPS) is 15.7. The summed E-state index contributed by atoms with van der Waals surface area (Å²) in [6.45, 7) is 4.34. The lowest BCUT2D eigenvalue weighted by Gasteiger charge is -2.33. The van der Waals surface area contributed by atoms with Crippen molar-refractivity contribution in [1.82, 2.24) is 15.2 Å². The number of piperidine rings is 1. The minimum absolute atomic E-state index is 0.00141. The Bertz CT molecular complexity index is 796. The fourth-order valence-corrected chi connectivity index (χ4v) is 4.29. The zero-order valence-electron chi connectivity index (χ0n) is 16.1. The Labute approximate surface area is 164 Å². The Hall–Kier alpha value is -2.41. The summed E-state index contributed by atoms with van der Waals surface area (Å²) in [5.41, 5.74) is 2.19. The molecule has 27 heavy (non-hydrogen) atoms. The van der Waals surface area contributed by atoms with Crippen LogP contribution in [-0.4, -0.2) is 49.1 Å². The number of carbonyl (C=O) groups excluding carboxylic acids is 1. The maximum atomic E-state index is 11.7. The molecule has 1 aromatic carbocycles. The monoisotopic (exact) mass is 386 g/mol. The van der Waals surface area contributed by atoms with Gasteiger partial charge in [-0.1, -0.05) is 30.3 Å². The van der Waals surface area contributed by atoms with Gasteiger partial charge in [-0.05, 0) is 19.8 Å². The zero-order chi connectivity index (χ0) is 19.2. The third-order valence-corrected chi connectivity index (χ3v) is 6.07. The topological polar surface area (TPSA) is 66.8 Å². The van der Waals surface area contributed by atoms with Gasteiger partial charge in [0.1, 0.15) is 5.01 Å². The summed E-state index contributed by atoms with van der Waals surface area (Å²) in [7, 11) is 3.25. The molecule has 3 rings (SSSR count). The van der Waals surface area contributed by atoms with Crippen LogP contribution in [0.5, 0.6) is 0 Å². The Kier molecular flexibility index (Phi) is 6.45. The fraction of sp³-hybridized carbons (Fsp3) is 0.450. The number of carbonyl (C=O) groups is 1. The van der Waals surface area contributed by atoms with E-state index in [1.807, 2.05) is 25.1 Å². The van der Waals surface area contributed by atoms with E-state index in [4.69, 9.17) is 9.72 Å². The number of thiazole rings is 1. The smallest absolute Gasteiger partial charge is 0.308 e. The van der Waals surface area contributed by atoms with Crippen LogP contribution in [0.4, 0.5) is 0 Å². The van der Waals surface area contributed by atoms with Crippen molar-refractivity contribution >= 4 is 23.3 Å². The average Bonchev–Trinajstić information content (AvgIpc) is 3.09. The Morgan fingerprint density at radius 2 is 2.04 bits per heavy atom. The number of hydrogen-bond donors (Lipinski definition) is 1. The molecule has 0 spiro atoms. The molecule has 2 heterocycles. The van der Waals surface area contributed by atoms with Gasteiger partial charge in [0.15, 0.2) is 5.96 Å². The third kappa shape index (κ3) is 4.66. The molecule has 1 saturated heterocycles. The highest BCUT2D eigenvalue weighted by molar-refractivity contribution is 7.15.